The molecule has 0 aliphatic carbocycles. The zero-order valence-electron chi connectivity index (χ0n) is 24.7. The zero-order valence-corrected chi connectivity index (χ0v) is 24.7. The monoisotopic (exact) mass is 594 g/mol. The lowest BCUT2D eigenvalue weighted by Crippen LogP contribution is -2.32. The molecule has 0 radical (unpaired) electrons. The van der Waals surface area contributed by atoms with Crippen LogP contribution in [-0.4, -0.2) is 56.4 Å². The first-order valence-corrected chi connectivity index (χ1v) is 14.6. The third-order valence-corrected chi connectivity index (χ3v) is 8.13. The van der Waals surface area contributed by atoms with Crippen molar-refractivity contribution in [2.24, 2.45) is 0 Å². The molecule has 0 saturated carbocycles. The predicted octanol–water partition coefficient (Wildman–Crippen LogP) is 5.90. The Morgan fingerprint density at radius 3 is 2.34 bits per heavy atom. The minimum Gasteiger partial charge on any atom is -0.493 e. The molecule has 4 aromatic carbocycles. The molecule has 0 saturated heterocycles. The van der Waals surface area contributed by atoms with Gasteiger partial charge in [-0.2, -0.15) is 0 Å². The highest BCUT2D eigenvalue weighted by Gasteiger charge is 2.20. The lowest BCUT2D eigenvalue weighted by Gasteiger charge is -2.29. The summed E-state index contributed by atoms with van der Waals surface area (Å²) in [5, 5.41) is 3.76. The summed E-state index contributed by atoms with van der Waals surface area (Å²) >= 11 is 0. The fraction of sp³-hybridized carbons (Fsp3) is 0.257. The normalized spacial score (nSPS) is 13.1. The van der Waals surface area contributed by atoms with Crippen molar-refractivity contribution in [3.05, 3.63) is 105 Å². The molecule has 0 fully saturated rings. The van der Waals surface area contributed by atoms with Crippen LogP contribution in [0.3, 0.4) is 0 Å². The number of halogens is 1. The van der Waals surface area contributed by atoms with Crippen molar-refractivity contribution in [1.82, 2.24) is 9.88 Å². The van der Waals surface area contributed by atoms with Gasteiger partial charge >= 0.3 is 0 Å². The van der Waals surface area contributed by atoms with Crippen LogP contribution in [0.1, 0.15) is 27.0 Å². The van der Waals surface area contributed by atoms with Crippen LogP contribution in [0.5, 0.6) is 17.2 Å². The van der Waals surface area contributed by atoms with E-state index in [2.05, 4.69) is 27.3 Å². The van der Waals surface area contributed by atoms with Crippen molar-refractivity contribution >= 4 is 33.4 Å². The number of pyridine rings is 1. The number of methoxy groups -OCH3 is 2. The third kappa shape index (κ3) is 5.83. The molecule has 1 aliphatic heterocycles. The summed E-state index contributed by atoms with van der Waals surface area (Å²) in [5.41, 5.74) is 5.31. The molecule has 0 atom stereocenters. The zero-order chi connectivity index (χ0) is 30.6. The number of carbonyl (C=O) groups excluding carboxylic acids is 1. The third-order valence-electron chi connectivity index (χ3n) is 8.13. The first kappa shape index (κ1) is 29.2. The maximum atomic E-state index is 13.4. The van der Waals surface area contributed by atoms with Crippen LogP contribution in [0.15, 0.2) is 77.6 Å². The fourth-order valence-corrected chi connectivity index (χ4v) is 5.83. The Morgan fingerprint density at radius 2 is 1.61 bits per heavy atom. The first-order chi connectivity index (χ1) is 21.5. The van der Waals surface area contributed by atoms with Gasteiger partial charge in [-0.3, -0.25) is 14.5 Å². The number of nitrogens with zero attached hydrogens (tertiary/aromatic N) is 1. The van der Waals surface area contributed by atoms with Gasteiger partial charge in [-0.05, 0) is 78.1 Å². The minimum atomic E-state index is -0.654. The highest BCUT2D eigenvalue weighted by atomic mass is 18.2. The Hall–Kier alpha value is -4.89. The van der Waals surface area contributed by atoms with Crippen LogP contribution < -0.4 is 25.0 Å². The van der Waals surface area contributed by atoms with Crippen LogP contribution in [-0.2, 0) is 19.4 Å². The number of benzene rings is 4. The van der Waals surface area contributed by atoms with Crippen LogP contribution in [0.4, 0.5) is 10.1 Å². The lowest BCUT2D eigenvalue weighted by atomic mass is 9.98. The Bertz CT molecular complexity index is 1890. The van der Waals surface area contributed by atoms with E-state index in [4.69, 9.17) is 14.2 Å². The average molecular weight is 595 g/mol. The molecule has 5 aromatic rings. The Labute approximate surface area is 254 Å². The van der Waals surface area contributed by atoms with Crippen LogP contribution >= 0.6 is 0 Å². The van der Waals surface area contributed by atoms with E-state index in [0.29, 0.717) is 38.8 Å². The molecule has 1 aromatic heterocycles. The topological polar surface area (TPSA) is 92.9 Å². The summed E-state index contributed by atoms with van der Waals surface area (Å²) < 4.78 is 29.2. The molecule has 1 amide bonds. The van der Waals surface area contributed by atoms with E-state index < -0.39 is 6.67 Å². The second-order valence-corrected chi connectivity index (χ2v) is 10.8. The quantitative estimate of drug-likeness (QED) is 0.196. The number of H-pyrrole nitrogens is 1. The van der Waals surface area contributed by atoms with E-state index in [1.165, 1.54) is 16.7 Å². The largest absolute Gasteiger partial charge is 0.493 e. The Morgan fingerprint density at radius 1 is 0.909 bits per heavy atom. The highest BCUT2D eigenvalue weighted by molar-refractivity contribution is 6.13. The number of ether oxygens (including phenoxy) is 3. The smallest absolute Gasteiger partial charge is 0.257 e. The van der Waals surface area contributed by atoms with E-state index in [1.54, 1.807) is 50.6 Å². The Balaban J connectivity index is 1.14. The number of hydrogen-bond acceptors (Lipinski definition) is 6. The van der Waals surface area contributed by atoms with Crippen molar-refractivity contribution < 1.29 is 23.4 Å². The van der Waals surface area contributed by atoms with E-state index >= 15 is 0 Å². The number of fused-ring (bicyclic) bond motifs is 3. The van der Waals surface area contributed by atoms with Crippen molar-refractivity contribution in [3.63, 3.8) is 0 Å². The molecular formula is C35H34FN3O5. The lowest BCUT2D eigenvalue weighted by molar-refractivity contribution is 0.102. The van der Waals surface area contributed by atoms with Crippen LogP contribution in [0.25, 0.3) is 21.8 Å². The Kier molecular flexibility index (Phi) is 8.47. The summed E-state index contributed by atoms with van der Waals surface area (Å²) in [6, 6.07) is 22.1. The van der Waals surface area contributed by atoms with Gasteiger partial charge in [0.15, 0.2) is 16.9 Å². The number of anilines is 1. The average Bonchev–Trinajstić information content (AvgIpc) is 3.06. The summed E-state index contributed by atoms with van der Waals surface area (Å²) in [7, 11) is 3.32. The molecule has 226 valence electrons. The molecule has 0 unspecified atom stereocenters. The molecule has 6 rings (SSSR count). The van der Waals surface area contributed by atoms with Gasteiger partial charge in [-0.25, -0.2) is 4.39 Å². The fourth-order valence-electron chi connectivity index (χ4n) is 5.83. The predicted molar refractivity (Wildman–Crippen MR) is 170 cm³/mol. The molecular weight excluding hydrogens is 560 g/mol. The number of aromatic amines is 1. The standard InChI is InChI=1S/C35H34FN3O5/c1-42-30-19-23-14-17-39(21-24(23)20-31(30)43-2)16-13-22-9-11-25(12-10-22)37-35(41)28-7-3-5-26-32(28)38-33-27(34(26)40)6-4-8-29(33)44-18-15-36/h3-12,19-20H,13-18,21H2,1-2H3,(H,37,41)(H,38,40)/i36-1. The first-order valence-electron chi connectivity index (χ1n) is 14.6. The summed E-state index contributed by atoms with van der Waals surface area (Å²) in [6.45, 7) is 1.96. The van der Waals surface area contributed by atoms with Gasteiger partial charge in [0.1, 0.15) is 19.0 Å². The van der Waals surface area contributed by atoms with Crippen molar-refractivity contribution in [2.75, 3.05) is 45.9 Å². The van der Waals surface area contributed by atoms with Gasteiger partial charge in [0, 0.05) is 36.1 Å². The SMILES string of the molecule is COc1cc2c(cc1OC)CN(CCc1ccc(NC(=O)c3cccc4c(=O)c5cccc(OCC[18F])c5[nH]c34)cc1)CC2. The second-order valence-electron chi connectivity index (χ2n) is 10.8. The van der Waals surface area contributed by atoms with E-state index in [1.807, 2.05) is 24.3 Å². The van der Waals surface area contributed by atoms with E-state index in [-0.39, 0.29) is 17.9 Å². The maximum Gasteiger partial charge on any atom is 0.257 e. The minimum absolute atomic E-state index is 0.131. The van der Waals surface area contributed by atoms with Gasteiger partial charge < -0.3 is 24.5 Å². The van der Waals surface area contributed by atoms with Crippen molar-refractivity contribution in [2.45, 2.75) is 19.4 Å². The van der Waals surface area contributed by atoms with Gasteiger partial charge in [-0.1, -0.05) is 24.3 Å². The number of nitrogens with one attached hydrogen (secondary N) is 2. The summed E-state index contributed by atoms with van der Waals surface area (Å²) in [6.07, 6.45) is 1.84. The van der Waals surface area contributed by atoms with E-state index in [9.17, 15) is 14.0 Å². The van der Waals surface area contributed by atoms with E-state index in [0.717, 1.165) is 44.0 Å². The number of carbonyl (C=O) groups is 1. The molecule has 0 spiro atoms. The number of para-hydroxylation sites is 2. The number of alkyl halides is 1. The molecule has 1 aliphatic rings. The second kappa shape index (κ2) is 12.8. The van der Waals surface area contributed by atoms with Gasteiger partial charge in [0.05, 0.1) is 30.8 Å². The molecule has 2 N–H and O–H groups in total. The molecule has 9 heteroatoms. The number of rotatable bonds is 10. The van der Waals surface area contributed by atoms with Gasteiger partial charge in [0.2, 0.25) is 0 Å². The van der Waals surface area contributed by atoms with Gasteiger partial charge in [0.25, 0.3) is 5.91 Å². The highest BCUT2D eigenvalue weighted by Crippen LogP contribution is 2.33. The van der Waals surface area contributed by atoms with Gasteiger partial charge in [-0.15, -0.1) is 0 Å². The molecule has 8 nitrogen and oxygen atoms in total. The van der Waals surface area contributed by atoms with Crippen LogP contribution in [0, 0.1) is 0 Å². The number of aromatic nitrogens is 1. The van der Waals surface area contributed by atoms with Crippen molar-refractivity contribution in [3.8, 4) is 17.2 Å². The number of amides is 1. The van der Waals surface area contributed by atoms with Crippen LogP contribution in [0.2, 0.25) is 0 Å². The number of hydrogen-bond donors (Lipinski definition) is 2. The summed E-state index contributed by atoms with van der Waals surface area (Å²) in [5.74, 6) is 1.53. The molecule has 0 bridgehead atoms. The molecule has 44 heavy (non-hydrogen) atoms. The molecule has 2 heterocycles. The summed E-state index contributed by atoms with van der Waals surface area (Å²) in [4.78, 5) is 32.3. The van der Waals surface area contributed by atoms with Crippen molar-refractivity contribution in [1.29, 1.82) is 0 Å². The maximum absolute atomic E-state index is 13.4.